The van der Waals surface area contributed by atoms with Crippen molar-refractivity contribution in [1.29, 1.82) is 0 Å². The molecule has 13 heavy (non-hydrogen) atoms. The van der Waals surface area contributed by atoms with Gasteiger partial charge in [0.1, 0.15) is 0 Å². The van der Waals surface area contributed by atoms with Crippen LogP contribution in [0.25, 0.3) is 0 Å². The maximum absolute atomic E-state index is 5.85. The van der Waals surface area contributed by atoms with Gasteiger partial charge >= 0.3 is 0 Å². The molecule has 0 spiro atoms. The van der Waals surface area contributed by atoms with Crippen LogP contribution in [-0.4, -0.2) is 43.3 Å². The highest BCUT2D eigenvalue weighted by Gasteiger charge is 2.23. The van der Waals surface area contributed by atoms with Crippen LogP contribution < -0.4 is 5.73 Å². The zero-order valence-corrected chi connectivity index (χ0v) is 8.24. The van der Waals surface area contributed by atoms with Crippen molar-refractivity contribution >= 4 is 0 Å². The Bertz CT molecular complexity index is 154. The fourth-order valence-corrected chi connectivity index (χ4v) is 2.27. The Hall–Kier alpha value is -0.120. The summed E-state index contributed by atoms with van der Waals surface area (Å²) in [6.45, 7) is 4.30. The van der Waals surface area contributed by atoms with Gasteiger partial charge in [0, 0.05) is 25.7 Å². The molecule has 2 fully saturated rings. The van der Waals surface area contributed by atoms with E-state index < -0.39 is 0 Å². The Morgan fingerprint density at radius 2 is 2.23 bits per heavy atom. The lowest BCUT2D eigenvalue weighted by Crippen LogP contribution is -2.35. The van der Waals surface area contributed by atoms with Crippen molar-refractivity contribution in [3.63, 3.8) is 0 Å². The molecule has 0 aromatic heterocycles. The van der Waals surface area contributed by atoms with Gasteiger partial charge in [-0.15, -0.1) is 0 Å². The maximum Gasteiger partial charge on any atom is 0.0702 e. The smallest absolute Gasteiger partial charge is 0.0702 e. The average molecular weight is 184 g/mol. The summed E-state index contributed by atoms with van der Waals surface area (Å²) in [5.41, 5.74) is 5.85. The van der Waals surface area contributed by atoms with Crippen molar-refractivity contribution in [2.75, 3.05) is 26.2 Å². The molecule has 3 nitrogen and oxygen atoms in total. The van der Waals surface area contributed by atoms with E-state index in [9.17, 15) is 0 Å². The normalized spacial score (nSPS) is 36.7. The Balaban J connectivity index is 1.71. The average Bonchev–Trinajstić information content (AvgIpc) is 2.53. The van der Waals surface area contributed by atoms with Crippen molar-refractivity contribution in [3.05, 3.63) is 0 Å². The highest BCUT2D eigenvalue weighted by molar-refractivity contribution is 4.80. The van der Waals surface area contributed by atoms with Gasteiger partial charge in [0.15, 0.2) is 0 Å². The Labute approximate surface area is 80.2 Å². The molecule has 2 saturated heterocycles. The Morgan fingerprint density at radius 3 is 2.85 bits per heavy atom. The quantitative estimate of drug-likeness (QED) is 0.682. The van der Waals surface area contributed by atoms with Gasteiger partial charge in [-0.05, 0) is 32.2 Å². The molecule has 0 aliphatic carbocycles. The van der Waals surface area contributed by atoms with Crippen molar-refractivity contribution in [3.8, 4) is 0 Å². The van der Waals surface area contributed by atoms with E-state index in [1.54, 1.807) is 0 Å². The number of hydrogen-bond donors (Lipinski definition) is 1. The van der Waals surface area contributed by atoms with Gasteiger partial charge in [0.25, 0.3) is 0 Å². The molecule has 0 aromatic rings. The molecule has 3 heteroatoms. The van der Waals surface area contributed by atoms with Crippen LogP contribution in [0.4, 0.5) is 0 Å². The van der Waals surface area contributed by atoms with Crippen LogP contribution in [-0.2, 0) is 4.74 Å². The van der Waals surface area contributed by atoms with E-state index in [4.69, 9.17) is 10.5 Å². The monoisotopic (exact) mass is 184 g/mol. The van der Waals surface area contributed by atoms with E-state index in [0.717, 1.165) is 26.1 Å². The maximum atomic E-state index is 5.85. The predicted octanol–water partition coefficient (Wildman–Crippen LogP) is 0.588. The van der Waals surface area contributed by atoms with Crippen LogP contribution in [0.3, 0.4) is 0 Å². The lowest BCUT2D eigenvalue weighted by atomic mass is 10.1. The van der Waals surface area contributed by atoms with Crippen LogP contribution in [0.5, 0.6) is 0 Å². The largest absolute Gasteiger partial charge is 0.377 e. The first-order valence-corrected chi connectivity index (χ1v) is 5.44. The van der Waals surface area contributed by atoms with E-state index >= 15 is 0 Å². The molecule has 0 bridgehead atoms. The van der Waals surface area contributed by atoms with Gasteiger partial charge in [-0.3, -0.25) is 4.90 Å². The minimum atomic E-state index is 0.406. The highest BCUT2D eigenvalue weighted by atomic mass is 16.5. The van der Waals surface area contributed by atoms with Gasteiger partial charge in [-0.25, -0.2) is 0 Å². The van der Waals surface area contributed by atoms with Gasteiger partial charge in [0.05, 0.1) is 6.10 Å². The second-order valence-corrected chi connectivity index (χ2v) is 4.30. The first kappa shape index (κ1) is 9.44. The molecule has 0 saturated carbocycles. The third-order valence-electron chi connectivity index (χ3n) is 3.04. The topological polar surface area (TPSA) is 38.5 Å². The summed E-state index contributed by atoms with van der Waals surface area (Å²) in [4.78, 5) is 2.45. The number of nitrogens with zero attached hydrogens (tertiary/aromatic N) is 1. The van der Waals surface area contributed by atoms with Crippen molar-refractivity contribution in [2.24, 2.45) is 5.73 Å². The molecule has 0 aromatic carbocycles. The summed E-state index contributed by atoms with van der Waals surface area (Å²) in [6, 6.07) is 0.406. The molecule has 76 valence electrons. The predicted molar refractivity (Wildman–Crippen MR) is 52.6 cm³/mol. The zero-order valence-electron chi connectivity index (χ0n) is 8.24. The van der Waals surface area contributed by atoms with Gasteiger partial charge in [-0.1, -0.05) is 0 Å². The highest BCUT2D eigenvalue weighted by Crippen LogP contribution is 2.16. The Kier molecular flexibility index (Phi) is 3.19. The van der Waals surface area contributed by atoms with Crippen molar-refractivity contribution < 1.29 is 4.74 Å². The third-order valence-corrected chi connectivity index (χ3v) is 3.04. The SMILES string of the molecule is N[C@@H]1CCN(CC2CCCCO2)C1. The van der Waals surface area contributed by atoms with Crippen LogP contribution in [0.15, 0.2) is 0 Å². The summed E-state index contributed by atoms with van der Waals surface area (Å²) < 4.78 is 5.69. The van der Waals surface area contributed by atoms with Crippen LogP contribution in [0.1, 0.15) is 25.7 Å². The summed E-state index contributed by atoms with van der Waals surface area (Å²) >= 11 is 0. The minimum absolute atomic E-state index is 0.406. The van der Waals surface area contributed by atoms with E-state index in [0.29, 0.717) is 12.1 Å². The zero-order chi connectivity index (χ0) is 9.10. The number of rotatable bonds is 2. The van der Waals surface area contributed by atoms with Gasteiger partial charge in [0.2, 0.25) is 0 Å². The fraction of sp³-hybridized carbons (Fsp3) is 1.00. The molecular formula is C10H20N2O. The molecule has 0 amide bonds. The lowest BCUT2D eigenvalue weighted by molar-refractivity contribution is -0.00198. The van der Waals surface area contributed by atoms with E-state index in [-0.39, 0.29) is 0 Å². The first-order valence-electron chi connectivity index (χ1n) is 5.44. The van der Waals surface area contributed by atoms with Crippen LogP contribution in [0.2, 0.25) is 0 Å². The number of likely N-dealkylation sites (tertiary alicyclic amines) is 1. The van der Waals surface area contributed by atoms with Crippen LogP contribution >= 0.6 is 0 Å². The molecule has 2 heterocycles. The van der Waals surface area contributed by atoms with E-state index in [2.05, 4.69) is 4.90 Å². The fourth-order valence-electron chi connectivity index (χ4n) is 2.27. The summed E-state index contributed by atoms with van der Waals surface area (Å²) in [5, 5.41) is 0. The standard InChI is InChI=1S/C10H20N2O/c11-9-4-5-12(7-9)8-10-3-1-2-6-13-10/h9-10H,1-8,11H2/t9-,10?/m1/s1. The van der Waals surface area contributed by atoms with Gasteiger partial charge < -0.3 is 10.5 Å². The summed E-state index contributed by atoms with van der Waals surface area (Å²) in [7, 11) is 0. The number of hydrogen-bond acceptors (Lipinski definition) is 3. The first-order chi connectivity index (χ1) is 6.34. The van der Waals surface area contributed by atoms with Crippen molar-refractivity contribution in [2.45, 2.75) is 37.8 Å². The second-order valence-electron chi connectivity index (χ2n) is 4.30. The summed E-state index contributed by atoms with van der Waals surface area (Å²) in [6.07, 6.45) is 5.47. The van der Waals surface area contributed by atoms with Gasteiger partial charge in [-0.2, -0.15) is 0 Å². The molecule has 2 aliphatic rings. The van der Waals surface area contributed by atoms with E-state index in [1.165, 1.54) is 25.8 Å². The minimum Gasteiger partial charge on any atom is -0.377 e. The molecule has 2 aliphatic heterocycles. The second kappa shape index (κ2) is 4.40. The molecule has 2 atom stereocenters. The van der Waals surface area contributed by atoms with Crippen molar-refractivity contribution in [1.82, 2.24) is 4.90 Å². The molecule has 0 radical (unpaired) electrons. The number of ether oxygens (including phenoxy) is 1. The number of nitrogens with two attached hydrogens (primary N) is 1. The van der Waals surface area contributed by atoms with E-state index in [1.807, 2.05) is 0 Å². The summed E-state index contributed by atoms with van der Waals surface area (Å²) in [5.74, 6) is 0. The Morgan fingerprint density at radius 1 is 1.31 bits per heavy atom. The molecule has 2 N–H and O–H groups in total. The molecule has 1 unspecified atom stereocenters. The third kappa shape index (κ3) is 2.66. The lowest BCUT2D eigenvalue weighted by Gasteiger charge is -2.27. The van der Waals surface area contributed by atoms with Crippen LogP contribution in [0, 0.1) is 0 Å². The molecular weight excluding hydrogens is 164 g/mol. The molecule has 2 rings (SSSR count).